The Morgan fingerprint density at radius 3 is 2.43 bits per heavy atom. The standard InChI is InChI=1S/C24H25ClN2O3/c1-24(18-9-5-6-10-19(18)25)21(28)20(23(30)27-24)22(29)26-17-13-11-16(12-14-17)15-7-3-2-4-8-15/h5-6,9-15,28H,2-4,7-8H2,1H3,(H,26,29)(H,27,30). The lowest BCUT2D eigenvalue weighted by Crippen LogP contribution is -2.39. The van der Waals surface area contributed by atoms with Gasteiger partial charge in [0.25, 0.3) is 11.8 Å². The average Bonchev–Trinajstić information content (AvgIpc) is 2.98. The molecule has 156 valence electrons. The Bertz CT molecular complexity index is 1010. The monoisotopic (exact) mass is 424 g/mol. The highest BCUT2D eigenvalue weighted by Gasteiger charge is 2.46. The van der Waals surface area contributed by atoms with Crippen LogP contribution in [-0.2, 0) is 15.1 Å². The first-order valence-corrected chi connectivity index (χ1v) is 10.7. The van der Waals surface area contributed by atoms with Gasteiger partial charge in [-0.2, -0.15) is 0 Å². The number of nitrogens with one attached hydrogen (secondary N) is 2. The van der Waals surface area contributed by atoms with Crippen LogP contribution in [0.15, 0.2) is 59.9 Å². The third-order valence-corrected chi connectivity index (χ3v) is 6.52. The number of aliphatic hydroxyl groups is 1. The zero-order valence-electron chi connectivity index (χ0n) is 16.9. The van der Waals surface area contributed by atoms with Crippen molar-refractivity contribution in [3.63, 3.8) is 0 Å². The molecule has 3 N–H and O–H groups in total. The second-order valence-corrected chi connectivity index (χ2v) is 8.60. The van der Waals surface area contributed by atoms with Crippen molar-refractivity contribution in [3.8, 4) is 0 Å². The number of anilines is 1. The fourth-order valence-corrected chi connectivity index (χ4v) is 4.77. The van der Waals surface area contributed by atoms with Gasteiger partial charge < -0.3 is 15.7 Å². The Hall–Kier alpha value is -2.79. The molecule has 0 aromatic heterocycles. The van der Waals surface area contributed by atoms with E-state index in [1.54, 1.807) is 31.2 Å². The van der Waals surface area contributed by atoms with E-state index in [0.29, 0.717) is 22.2 Å². The Labute approximate surface area is 181 Å². The van der Waals surface area contributed by atoms with Crippen molar-refractivity contribution in [3.05, 3.63) is 76.0 Å². The van der Waals surface area contributed by atoms with Gasteiger partial charge >= 0.3 is 0 Å². The van der Waals surface area contributed by atoms with Crippen molar-refractivity contribution >= 4 is 29.1 Å². The quantitative estimate of drug-likeness (QED) is 0.591. The molecular weight excluding hydrogens is 400 g/mol. The summed E-state index contributed by atoms with van der Waals surface area (Å²) in [7, 11) is 0. The van der Waals surface area contributed by atoms with Crippen molar-refractivity contribution in [2.75, 3.05) is 5.32 Å². The van der Waals surface area contributed by atoms with Gasteiger partial charge in [0.15, 0.2) is 0 Å². The minimum absolute atomic E-state index is 0.297. The molecule has 2 amide bonds. The lowest BCUT2D eigenvalue weighted by atomic mass is 9.84. The van der Waals surface area contributed by atoms with Gasteiger partial charge in [0, 0.05) is 16.3 Å². The number of aliphatic hydroxyl groups excluding tert-OH is 1. The summed E-state index contributed by atoms with van der Waals surface area (Å²) in [6.07, 6.45) is 6.23. The molecule has 0 saturated heterocycles. The summed E-state index contributed by atoms with van der Waals surface area (Å²) in [4.78, 5) is 25.3. The van der Waals surface area contributed by atoms with E-state index in [4.69, 9.17) is 11.6 Å². The molecule has 30 heavy (non-hydrogen) atoms. The fraction of sp³-hybridized carbons (Fsp3) is 0.333. The third-order valence-electron chi connectivity index (χ3n) is 6.19. The summed E-state index contributed by atoms with van der Waals surface area (Å²) in [5.41, 5.74) is 0.831. The maximum absolute atomic E-state index is 12.8. The van der Waals surface area contributed by atoms with Gasteiger partial charge in [-0.15, -0.1) is 0 Å². The Balaban J connectivity index is 1.54. The highest BCUT2D eigenvalue weighted by atomic mass is 35.5. The number of hydrogen-bond acceptors (Lipinski definition) is 3. The molecule has 2 aromatic rings. The van der Waals surface area contributed by atoms with Crippen LogP contribution in [0.5, 0.6) is 0 Å². The van der Waals surface area contributed by atoms with Crippen molar-refractivity contribution < 1.29 is 14.7 Å². The summed E-state index contributed by atoms with van der Waals surface area (Å²) in [6, 6.07) is 14.7. The normalized spacial score (nSPS) is 22.1. The lowest BCUT2D eigenvalue weighted by Gasteiger charge is -2.26. The van der Waals surface area contributed by atoms with Crippen LogP contribution in [0.3, 0.4) is 0 Å². The predicted molar refractivity (Wildman–Crippen MR) is 117 cm³/mol. The molecule has 0 radical (unpaired) electrons. The molecule has 6 heteroatoms. The molecule has 1 atom stereocenters. The van der Waals surface area contributed by atoms with Crippen LogP contribution < -0.4 is 10.6 Å². The molecule has 0 spiro atoms. The SMILES string of the molecule is CC1(c2ccccc2Cl)NC(=O)C(C(=O)Nc2ccc(C3CCCCC3)cc2)=C1O. The fourth-order valence-electron chi connectivity index (χ4n) is 4.45. The summed E-state index contributed by atoms with van der Waals surface area (Å²) < 4.78 is 0. The Kier molecular flexibility index (Phi) is 5.56. The molecule has 0 bridgehead atoms. The molecule has 1 heterocycles. The molecule has 1 fully saturated rings. The maximum Gasteiger partial charge on any atom is 0.264 e. The van der Waals surface area contributed by atoms with Gasteiger partial charge in [-0.05, 0) is 49.4 Å². The Morgan fingerprint density at radius 1 is 1.10 bits per heavy atom. The van der Waals surface area contributed by atoms with E-state index in [0.717, 1.165) is 0 Å². The van der Waals surface area contributed by atoms with E-state index in [1.165, 1.54) is 37.7 Å². The van der Waals surface area contributed by atoms with E-state index >= 15 is 0 Å². The van der Waals surface area contributed by atoms with Gasteiger partial charge in [0.2, 0.25) is 0 Å². The third kappa shape index (κ3) is 3.70. The van der Waals surface area contributed by atoms with Gasteiger partial charge in [-0.3, -0.25) is 9.59 Å². The van der Waals surface area contributed by atoms with E-state index in [-0.39, 0.29) is 11.3 Å². The van der Waals surface area contributed by atoms with Crippen LogP contribution >= 0.6 is 11.6 Å². The minimum Gasteiger partial charge on any atom is -0.508 e. The summed E-state index contributed by atoms with van der Waals surface area (Å²) in [6.45, 7) is 1.63. The maximum atomic E-state index is 12.8. The number of rotatable bonds is 4. The molecular formula is C24H25ClN2O3. The van der Waals surface area contributed by atoms with Gasteiger partial charge in [0.05, 0.1) is 0 Å². The van der Waals surface area contributed by atoms with Crippen LogP contribution in [0.25, 0.3) is 0 Å². The molecule has 5 nitrogen and oxygen atoms in total. The van der Waals surface area contributed by atoms with Crippen molar-refractivity contribution in [1.82, 2.24) is 5.32 Å². The zero-order valence-corrected chi connectivity index (χ0v) is 17.6. The molecule has 1 saturated carbocycles. The van der Waals surface area contributed by atoms with Crippen molar-refractivity contribution in [2.24, 2.45) is 0 Å². The smallest absolute Gasteiger partial charge is 0.264 e. The largest absolute Gasteiger partial charge is 0.508 e. The predicted octanol–water partition coefficient (Wildman–Crippen LogP) is 5.18. The molecule has 1 aliphatic carbocycles. The first-order valence-electron chi connectivity index (χ1n) is 10.3. The first kappa shape index (κ1) is 20.5. The highest BCUT2D eigenvalue weighted by Crippen LogP contribution is 2.38. The number of carbonyl (C=O) groups excluding carboxylic acids is 2. The number of hydrogen-bond donors (Lipinski definition) is 3. The van der Waals surface area contributed by atoms with Crippen LogP contribution in [0, 0.1) is 0 Å². The van der Waals surface area contributed by atoms with Crippen LogP contribution in [0.4, 0.5) is 5.69 Å². The van der Waals surface area contributed by atoms with E-state index < -0.39 is 17.4 Å². The second kappa shape index (κ2) is 8.15. The summed E-state index contributed by atoms with van der Waals surface area (Å²) >= 11 is 6.26. The molecule has 1 aliphatic heterocycles. The molecule has 1 unspecified atom stereocenters. The van der Waals surface area contributed by atoms with Crippen molar-refractivity contribution in [1.29, 1.82) is 0 Å². The van der Waals surface area contributed by atoms with Crippen LogP contribution in [0.2, 0.25) is 5.02 Å². The summed E-state index contributed by atoms with van der Waals surface area (Å²) in [5.74, 6) is -1.04. The lowest BCUT2D eigenvalue weighted by molar-refractivity contribution is -0.121. The number of halogens is 1. The topological polar surface area (TPSA) is 78.4 Å². The minimum atomic E-state index is -1.26. The van der Waals surface area contributed by atoms with Crippen LogP contribution in [-0.4, -0.2) is 16.9 Å². The first-order chi connectivity index (χ1) is 14.4. The molecule has 2 aromatic carbocycles. The van der Waals surface area contributed by atoms with E-state index in [1.807, 2.05) is 24.3 Å². The molecule has 2 aliphatic rings. The second-order valence-electron chi connectivity index (χ2n) is 8.19. The Morgan fingerprint density at radius 2 is 1.77 bits per heavy atom. The summed E-state index contributed by atoms with van der Waals surface area (Å²) in [5, 5.41) is 16.6. The number of carbonyl (C=O) groups is 2. The van der Waals surface area contributed by atoms with Gasteiger partial charge in [-0.25, -0.2) is 0 Å². The van der Waals surface area contributed by atoms with Crippen molar-refractivity contribution in [2.45, 2.75) is 50.5 Å². The number of benzene rings is 2. The average molecular weight is 425 g/mol. The van der Waals surface area contributed by atoms with Gasteiger partial charge in [0.1, 0.15) is 16.9 Å². The highest BCUT2D eigenvalue weighted by molar-refractivity contribution is 6.32. The number of amides is 2. The van der Waals surface area contributed by atoms with E-state index in [9.17, 15) is 14.7 Å². The molecule has 4 rings (SSSR count). The zero-order chi connectivity index (χ0) is 21.3. The van der Waals surface area contributed by atoms with E-state index in [2.05, 4.69) is 10.6 Å². The van der Waals surface area contributed by atoms with Crippen LogP contribution in [0.1, 0.15) is 56.1 Å². The van der Waals surface area contributed by atoms with Gasteiger partial charge in [-0.1, -0.05) is 61.2 Å².